The Morgan fingerprint density at radius 1 is 1.33 bits per heavy atom. The fourth-order valence-electron chi connectivity index (χ4n) is 3.46. The Bertz CT molecular complexity index is 1200. The summed E-state index contributed by atoms with van der Waals surface area (Å²) in [5.41, 5.74) is -4.11. The molecule has 1 unspecified atom stereocenters. The van der Waals surface area contributed by atoms with Gasteiger partial charge in [0, 0.05) is 12.3 Å². The molecule has 198 valence electrons. The number of ether oxygens (including phenoxy) is 2. The molecule has 1 fully saturated rings. The SMILES string of the molecule is CCCOC(=O)[C@H](C)N[P@](=O)(OCC1O[C@@H](n2ccc(=O)[nH]c2=O)[C@](C)(F)[C@@H]1O)Oc1ccccc1. The molecule has 14 heteroatoms. The first kappa shape index (κ1) is 27.8. The highest BCUT2D eigenvalue weighted by Gasteiger charge is 2.55. The molecule has 0 spiro atoms. The van der Waals surface area contributed by atoms with Crippen LogP contribution in [0.25, 0.3) is 0 Å². The lowest BCUT2D eigenvalue weighted by atomic mass is 9.98. The number of esters is 1. The Labute approximate surface area is 205 Å². The number of H-pyrrole nitrogens is 1. The van der Waals surface area contributed by atoms with Gasteiger partial charge in [-0.3, -0.25) is 23.7 Å². The number of halogens is 1. The van der Waals surface area contributed by atoms with E-state index in [2.05, 4.69) is 5.09 Å². The van der Waals surface area contributed by atoms with Gasteiger partial charge in [-0.2, -0.15) is 5.09 Å². The summed E-state index contributed by atoms with van der Waals surface area (Å²) >= 11 is 0. The Morgan fingerprint density at radius 3 is 2.67 bits per heavy atom. The number of benzene rings is 1. The van der Waals surface area contributed by atoms with Gasteiger partial charge >= 0.3 is 19.4 Å². The number of aliphatic hydroxyl groups excluding tert-OH is 1. The molecule has 0 saturated carbocycles. The van der Waals surface area contributed by atoms with Crippen molar-refractivity contribution in [1.82, 2.24) is 14.6 Å². The van der Waals surface area contributed by atoms with Crippen LogP contribution >= 0.6 is 7.75 Å². The molecule has 1 aromatic carbocycles. The van der Waals surface area contributed by atoms with E-state index < -0.39 is 61.7 Å². The van der Waals surface area contributed by atoms with Gasteiger partial charge in [0.1, 0.15) is 24.0 Å². The fraction of sp³-hybridized carbons (Fsp3) is 0.500. The minimum Gasteiger partial charge on any atom is -0.465 e. The summed E-state index contributed by atoms with van der Waals surface area (Å²) in [6.07, 6.45) is -3.19. The number of para-hydroxylation sites is 1. The molecule has 0 amide bonds. The number of rotatable bonds is 11. The van der Waals surface area contributed by atoms with E-state index in [1.54, 1.807) is 18.2 Å². The summed E-state index contributed by atoms with van der Waals surface area (Å²) in [7, 11) is -4.29. The molecule has 6 atom stereocenters. The molecule has 3 N–H and O–H groups in total. The smallest absolute Gasteiger partial charge is 0.459 e. The zero-order valence-electron chi connectivity index (χ0n) is 20.0. The van der Waals surface area contributed by atoms with Gasteiger partial charge in [-0.15, -0.1) is 0 Å². The number of nitrogens with one attached hydrogen (secondary N) is 2. The van der Waals surface area contributed by atoms with Gasteiger partial charge in [-0.05, 0) is 32.4 Å². The number of aromatic amines is 1. The number of nitrogens with zero attached hydrogens (tertiary/aromatic N) is 1. The highest BCUT2D eigenvalue weighted by atomic mass is 31.2. The number of hydrogen-bond acceptors (Lipinski definition) is 9. The van der Waals surface area contributed by atoms with Crippen LogP contribution in [0.2, 0.25) is 0 Å². The quantitative estimate of drug-likeness (QED) is 0.289. The molecule has 0 radical (unpaired) electrons. The largest absolute Gasteiger partial charge is 0.465 e. The van der Waals surface area contributed by atoms with Crippen LogP contribution < -0.4 is 20.9 Å². The van der Waals surface area contributed by atoms with E-state index in [0.717, 1.165) is 23.8 Å². The highest BCUT2D eigenvalue weighted by molar-refractivity contribution is 7.52. The average molecular weight is 529 g/mol. The van der Waals surface area contributed by atoms with Gasteiger partial charge in [0.05, 0.1) is 13.2 Å². The Hall–Kier alpha value is -2.83. The van der Waals surface area contributed by atoms with Crippen molar-refractivity contribution in [1.29, 1.82) is 0 Å². The van der Waals surface area contributed by atoms with Crippen molar-refractivity contribution in [2.75, 3.05) is 13.2 Å². The number of carbonyl (C=O) groups excluding carboxylic acids is 1. The third-order valence-corrected chi connectivity index (χ3v) is 7.00. The molecule has 1 saturated heterocycles. The summed E-state index contributed by atoms with van der Waals surface area (Å²) in [6.45, 7) is 3.77. The molecule has 1 aliphatic heterocycles. The van der Waals surface area contributed by atoms with E-state index in [1.165, 1.54) is 19.1 Å². The molecule has 0 aliphatic carbocycles. The van der Waals surface area contributed by atoms with Gasteiger partial charge in [-0.25, -0.2) is 13.8 Å². The van der Waals surface area contributed by atoms with Crippen LogP contribution in [0.1, 0.15) is 33.4 Å². The van der Waals surface area contributed by atoms with Crippen molar-refractivity contribution in [3.8, 4) is 5.75 Å². The van der Waals surface area contributed by atoms with Gasteiger partial charge in [0.15, 0.2) is 11.9 Å². The van der Waals surface area contributed by atoms with Crippen molar-refractivity contribution >= 4 is 13.7 Å². The maximum Gasteiger partial charge on any atom is 0.459 e. The molecular formula is C22H29FN3O9P. The summed E-state index contributed by atoms with van der Waals surface area (Å²) in [6, 6.07) is 7.89. The minimum absolute atomic E-state index is 0.156. The minimum atomic E-state index is -4.29. The molecule has 36 heavy (non-hydrogen) atoms. The maximum absolute atomic E-state index is 15.4. The van der Waals surface area contributed by atoms with Crippen LogP contribution in [0.5, 0.6) is 5.75 Å². The lowest BCUT2D eigenvalue weighted by molar-refractivity contribution is -0.145. The van der Waals surface area contributed by atoms with E-state index in [4.69, 9.17) is 18.5 Å². The van der Waals surface area contributed by atoms with Crippen LogP contribution in [0.4, 0.5) is 4.39 Å². The van der Waals surface area contributed by atoms with Crippen molar-refractivity contribution in [2.45, 2.75) is 57.3 Å². The summed E-state index contributed by atoms with van der Waals surface area (Å²) in [5, 5.41) is 13.0. The summed E-state index contributed by atoms with van der Waals surface area (Å²) in [4.78, 5) is 37.7. The fourth-order valence-corrected chi connectivity index (χ4v) is 4.96. The van der Waals surface area contributed by atoms with Gasteiger partial charge in [0.2, 0.25) is 0 Å². The highest BCUT2D eigenvalue weighted by Crippen LogP contribution is 2.47. The van der Waals surface area contributed by atoms with Crippen LogP contribution in [-0.4, -0.2) is 57.8 Å². The predicted octanol–water partition coefficient (Wildman–Crippen LogP) is 1.66. The van der Waals surface area contributed by atoms with Gasteiger partial charge in [0.25, 0.3) is 5.56 Å². The Morgan fingerprint density at radius 2 is 2.03 bits per heavy atom. The number of aliphatic hydroxyl groups is 1. The van der Waals surface area contributed by atoms with E-state index in [0.29, 0.717) is 6.42 Å². The topological polar surface area (TPSA) is 158 Å². The number of aromatic nitrogens is 2. The zero-order chi connectivity index (χ0) is 26.5. The van der Waals surface area contributed by atoms with E-state index in [1.807, 2.05) is 11.9 Å². The zero-order valence-corrected chi connectivity index (χ0v) is 20.9. The van der Waals surface area contributed by atoms with Crippen LogP contribution in [0.15, 0.2) is 52.2 Å². The van der Waals surface area contributed by atoms with Gasteiger partial charge in [-0.1, -0.05) is 25.1 Å². The summed E-state index contributed by atoms with van der Waals surface area (Å²) in [5.74, 6) is -0.535. The lowest BCUT2D eigenvalue weighted by Crippen LogP contribution is -2.43. The standard InChI is InChI=1S/C22H29FN3O9P/c1-4-12-32-19(29)14(2)25-36(31,35-15-8-6-5-7-9-15)33-13-16-18(28)22(3,23)20(34-16)26-11-10-17(27)24-21(26)30/h5-11,14,16,18,20,28H,4,12-13H2,1-3H3,(H,25,31)(H,24,27,30)/t14-,16?,18+,20+,22+,36-/m0/s1. The Kier molecular flexibility index (Phi) is 8.85. The first-order valence-electron chi connectivity index (χ1n) is 11.2. The first-order valence-corrected chi connectivity index (χ1v) is 12.8. The van der Waals surface area contributed by atoms with Crippen LogP contribution in [0.3, 0.4) is 0 Å². The lowest BCUT2D eigenvalue weighted by Gasteiger charge is -2.25. The molecule has 3 rings (SSSR count). The van der Waals surface area contributed by atoms with Crippen LogP contribution in [-0.2, 0) is 23.4 Å². The van der Waals surface area contributed by atoms with Crippen molar-refractivity contribution in [3.05, 3.63) is 63.4 Å². The predicted molar refractivity (Wildman–Crippen MR) is 125 cm³/mol. The van der Waals surface area contributed by atoms with E-state index >= 15 is 4.39 Å². The molecule has 1 aromatic heterocycles. The third kappa shape index (κ3) is 6.48. The normalized spacial score (nSPS) is 26.2. The van der Waals surface area contributed by atoms with Crippen molar-refractivity contribution in [2.24, 2.45) is 0 Å². The Balaban J connectivity index is 1.78. The van der Waals surface area contributed by atoms with Crippen LogP contribution in [0, 0.1) is 0 Å². The number of carbonyl (C=O) groups is 1. The first-order chi connectivity index (χ1) is 17.0. The second-order valence-electron chi connectivity index (χ2n) is 8.36. The van der Waals surface area contributed by atoms with Gasteiger partial charge < -0.3 is 19.1 Å². The molecule has 12 nitrogen and oxygen atoms in total. The monoisotopic (exact) mass is 529 g/mol. The molecule has 0 bridgehead atoms. The molecule has 2 heterocycles. The van der Waals surface area contributed by atoms with Crippen molar-refractivity contribution in [3.63, 3.8) is 0 Å². The number of hydrogen-bond donors (Lipinski definition) is 3. The molecule has 1 aliphatic rings. The third-order valence-electron chi connectivity index (χ3n) is 5.35. The average Bonchev–Trinajstić information content (AvgIpc) is 3.05. The molecular weight excluding hydrogens is 500 g/mol. The van der Waals surface area contributed by atoms with E-state index in [-0.39, 0.29) is 12.4 Å². The molecule has 2 aromatic rings. The van der Waals surface area contributed by atoms with E-state index in [9.17, 15) is 24.1 Å². The second-order valence-corrected chi connectivity index (χ2v) is 10.1. The summed E-state index contributed by atoms with van der Waals surface area (Å²) < 4.78 is 51.3. The number of alkyl halides is 1. The maximum atomic E-state index is 15.4. The second kappa shape index (κ2) is 11.5. The van der Waals surface area contributed by atoms with Crippen molar-refractivity contribution < 1.29 is 37.4 Å².